The lowest BCUT2D eigenvalue weighted by Crippen LogP contribution is -2.15. The highest BCUT2D eigenvalue weighted by molar-refractivity contribution is 5.42. The summed E-state index contributed by atoms with van der Waals surface area (Å²) in [6.07, 6.45) is 7.98. The molecule has 0 unspecified atom stereocenters. The fraction of sp³-hybridized carbons (Fsp3) is 0.263. The highest BCUT2D eigenvalue weighted by atomic mass is 16.3. The number of allylic oxidation sites excluding steroid dienone is 3. The van der Waals surface area contributed by atoms with Gasteiger partial charge in [0.2, 0.25) is 0 Å². The van der Waals surface area contributed by atoms with Gasteiger partial charge in [0.25, 0.3) is 0 Å². The van der Waals surface area contributed by atoms with E-state index < -0.39 is 0 Å². The molecule has 0 radical (unpaired) electrons. The van der Waals surface area contributed by atoms with Gasteiger partial charge in [0.15, 0.2) is 0 Å². The van der Waals surface area contributed by atoms with Crippen molar-refractivity contribution in [3.05, 3.63) is 83.1 Å². The van der Waals surface area contributed by atoms with E-state index in [2.05, 4.69) is 31.0 Å². The molecule has 0 aromatic heterocycles. The monoisotopic (exact) mass is 283 g/mol. The van der Waals surface area contributed by atoms with E-state index >= 15 is 0 Å². The fourth-order valence-corrected chi connectivity index (χ4v) is 2.01. The van der Waals surface area contributed by atoms with Crippen molar-refractivity contribution in [2.45, 2.75) is 27.3 Å². The Morgan fingerprint density at radius 2 is 2.00 bits per heavy atom. The van der Waals surface area contributed by atoms with Gasteiger partial charge in [-0.3, -0.25) is 0 Å². The highest BCUT2D eigenvalue weighted by Crippen LogP contribution is 2.14. The van der Waals surface area contributed by atoms with Crippen molar-refractivity contribution in [2.75, 3.05) is 6.61 Å². The summed E-state index contributed by atoms with van der Waals surface area (Å²) in [4.78, 5) is 0. The minimum absolute atomic E-state index is 0.0393. The summed E-state index contributed by atoms with van der Waals surface area (Å²) >= 11 is 0. The first-order chi connectivity index (χ1) is 10.1. The lowest BCUT2D eigenvalue weighted by Gasteiger charge is -2.14. The van der Waals surface area contributed by atoms with Gasteiger partial charge in [0, 0.05) is 12.2 Å². The zero-order valence-corrected chi connectivity index (χ0v) is 13.2. The second-order valence-electron chi connectivity index (χ2n) is 4.90. The molecule has 0 atom stereocenters. The molecule has 0 saturated carbocycles. The van der Waals surface area contributed by atoms with Crippen molar-refractivity contribution >= 4 is 0 Å². The molecule has 0 spiro atoms. The van der Waals surface area contributed by atoms with Crippen LogP contribution in [0, 0.1) is 6.92 Å². The normalized spacial score (nSPS) is 12.8. The number of rotatable bonds is 7. The van der Waals surface area contributed by atoms with E-state index in [1.807, 2.05) is 50.3 Å². The second kappa shape index (κ2) is 8.98. The van der Waals surface area contributed by atoms with Crippen LogP contribution < -0.4 is 5.32 Å². The average Bonchev–Trinajstić information content (AvgIpc) is 2.50. The molecule has 2 nitrogen and oxygen atoms in total. The Morgan fingerprint density at radius 3 is 2.57 bits per heavy atom. The van der Waals surface area contributed by atoms with Crippen molar-refractivity contribution in [1.29, 1.82) is 0 Å². The maximum Gasteiger partial charge on any atom is 0.0676 e. The molecule has 21 heavy (non-hydrogen) atoms. The van der Waals surface area contributed by atoms with Gasteiger partial charge in [-0.15, -0.1) is 0 Å². The first-order valence-corrected chi connectivity index (χ1v) is 7.20. The summed E-state index contributed by atoms with van der Waals surface area (Å²) in [6.45, 7) is 10.6. The molecular weight excluding hydrogens is 258 g/mol. The first kappa shape index (κ1) is 17.0. The minimum atomic E-state index is -0.0393. The summed E-state index contributed by atoms with van der Waals surface area (Å²) in [5, 5.41) is 12.6. The van der Waals surface area contributed by atoms with Crippen molar-refractivity contribution in [3.8, 4) is 0 Å². The van der Waals surface area contributed by atoms with Crippen LogP contribution in [-0.2, 0) is 6.54 Å². The fourth-order valence-electron chi connectivity index (χ4n) is 2.01. The number of hydrogen-bond acceptors (Lipinski definition) is 2. The highest BCUT2D eigenvalue weighted by Gasteiger charge is 2.04. The van der Waals surface area contributed by atoms with Crippen LogP contribution in [0.3, 0.4) is 0 Å². The van der Waals surface area contributed by atoms with Crippen LogP contribution in [0.1, 0.15) is 25.0 Å². The van der Waals surface area contributed by atoms with Crippen LogP contribution in [0.5, 0.6) is 0 Å². The molecule has 0 saturated heterocycles. The summed E-state index contributed by atoms with van der Waals surface area (Å²) < 4.78 is 0. The SMILES string of the molecule is C=C(/C=C(NCc1ccccc1C)/C(/C=C\C)=C/C)CO. The molecule has 1 rings (SSSR count). The maximum atomic E-state index is 9.19. The molecule has 0 fully saturated rings. The maximum absolute atomic E-state index is 9.19. The van der Waals surface area contributed by atoms with Crippen LogP contribution in [0.15, 0.2) is 72.0 Å². The third kappa shape index (κ3) is 5.44. The molecular formula is C19H25NO. The largest absolute Gasteiger partial charge is 0.392 e. The van der Waals surface area contributed by atoms with Crippen LogP contribution in [0.25, 0.3) is 0 Å². The third-order valence-corrected chi connectivity index (χ3v) is 3.25. The van der Waals surface area contributed by atoms with Gasteiger partial charge in [-0.2, -0.15) is 0 Å². The predicted molar refractivity (Wildman–Crippen MR) is 90.9 cm³/mol. The summed E-state index contributed by atoms with van der Waals surface area (Å²) in [6, 6.07) is 8.31. The van der Waals surface area contributed by atoms with Gasteiger partial charge >= 0.3 is 0 Å². The third-order valence-electron chi connectivity index (χ3n) is 3.25. The number of nitrogens with one attached hydrogen (secondary N) is 1. The van der Waals surface area contributed by atoms with Gasteiger partial charge in [-0.05, 0) is 49.1 Å². The smallest absolute Gasteiger partial charge is 0.0676 e. The molecule has 2 heteroatoms. The van der Waals surface area contributed by atoms with E-state index in [9.17, 15) is 5.11 Å². The first-order valence-electron chi connectivity index (χ1n) is 7.20. The Morgan fingerprint density at radius 1 is 1.29 bits per heavy atom. The molecule has 2 N–H and O–H groups in total. The van der Waals surface area contributed by atoms with E-state index in [4.69, 9.17) is 0 Å². The molecule has 0 aliphatic carbocycles. The van der Waals surface area contributed by atoms with E-state index in [0.717, 1.165) is 17.8 Å². The van der Waals surface area contributed by atoms with Crippen LogP contribution in [-0.4, -0.2) is 11.7 Å². The molecule has 0 aliphatic rings. The molecule has 0 aliphatic heterocycles. The lowest BCUT2D eigenvalue weighted by atomic mass is 10.1. The van der Waals surface area contributed by atoms with Crippen molar-refractivity contribution in [1.82, 2.24) is 5.32 Å². The Labute approximate surface area is 128 Å². The Bertz CT molecular complexity index is 565. The molecule has 112 valence electrons. The Hall–Kier alpha value is -2.06. The van der Waals surface area contributed by atoms with Crippen LogP contribution in [0.2, 0.25) is 0 Å². The zero-order chi connectivity index (χ0) is 15.7. The van der Waals surface area contributed by atoms with E-state index in [-0.39, 0.29) is 6.61 Å². The van der Waals surface area contributed by atoms with Gasteiger partial charge in [-0.1, -0.05) is 49.1 Å². The van der Waals surface area contributed by atoms with Gasteiger partial charge in [0.05, 0.1) is 6.61 Å². The Kier molecular flexibility index (Phi) is 7.27. The van der Waals surface area contributed by atoms with Gasteiger partial charge in [0.1, 0.15) is 0 Å². The minimum Gasteiger partial charge on any atom is -0.392 e. The van der Waals surface area contributed by atoms with E-state index in [0.29, 0.717) is 5.57 Å². The molecule has 0 bridgehead atoms. The molecule has 0 amide bonds. The van der Waals surface area contributed by atoms with Crippen LogP contribution in [0.4, 0.5) is 0 Å². The van der Waals surface area contributed by atoms with Gasteiger partial charge in [-0.25, -0.2) is 0 Å². The van der Waals surface area contributed by atoms with E-state index in [1.54, 1.807) is 0 Å². The number of aliphatic hydroxyl groups excluding tert-OH is 1. The number of aryl methyl sites for hydroxylation is 1. The quantitative estimate of drug-likeness (QED) is 0.740. The Balaban J connectivity index is 2.96. The molecule has 1 aromatic carbocycles. The topological polar surface area (TPSA) is 32.3 Å². The number of hydrogen-bond donors (Lipinski definition) is 2. The molecule has 0 heterocycles. The van der Waals surface area contributed by atoms with Gasteiger partial charge < -0.3 is 10.4 Å². The summed E-state index contributed by atoms with van der Waals surface area (Å²) in [7, 11) is 0. The number of benzene rings is 1. The second-order valence-corrected chi connectivity index (χ2v) is 4.90. The standard InChI is InChI=1S/C19H25NO/c1-5-9-17(6-2)19(12-15(3)14-21)20-13-18-11-8-7-10-16(18)4/h5-12,20-21H,3,13-14H2,1-2,4H3/b9-5-,17-6+,19-12-. The van der Waals surface area contributed by atoms with Crippen molar-refractivity contribution in [2.24, 2.45) is 0 Å². The predicted octanol–water partition coefficient (Wildman–Crippen LogP) is 4.04. The molecule has 1 aromatic rings. The summed E-state index contributed by atoms with van der Waals surface area (Å²) in [5.41, 5.74) is 5.26. The lowest BCUT2D eigenvalue weighted by molar-refractivity contribution is 0.335. The van der Waals surface area contributed by atoms with E-state index in [1.165, 1.54) is 11.1 Å². The summed E-state index contributed by atoms with van der Waals surface area (Å²) in [5.74, 6) is 0. The average molecular weight is 283 g/mol. The van der Waals surface area contributed by atoms with Crippen molar-refractivity contribution < 1.29 is 5.11 Å². The zero-order valence-electron chi connectivity index (χ0n) is 13.2. The van der Waals surface area contributed by atoms with Crippen LogP contribution >= 0.6 is 0 Å². The number of aliphatic hydroxyl groups is 1. The van der Waals surface area contributed by atoms with Crippen molar-refractivity contribution in [3.63, 3.8) is 0 Å².